The smallest absolute Gasteiger partial charge is 0.225 e. The summed E-state index contributed by atoms with van der Waals surface area (Å²) in [6, 6.07) is 9.30. The van der Waals surface area contributed by atoms with E-state index in [-0.39, 0.29) is 18.2 Å². The van der Waals surface area contributed by atoms with Gasteiger partial charge in [0.1, 0.15) is 5.75 Å². The van der Waals surface area contributed by atoms with E-state index in [2.05, 4.69) is 11.4 Å². The molecule has 18 heavy (non-hydrogen) atoms. The van der Waals surface area contributed by atoms with E-state index in [1.165, 1.54) is 0 Å². The highest BCUT2D eigenvalue weighted by Gasteiger charge is 2.11. The molecule has 0 radical (unpaired) electrons. The van der Waals surface area contributed by atoms with E-state index >= 15 is 0 Å². The molecule has 0 fully saturated rings. The Hall–Kier alpha value is -2.02. The summed E-state index contributed by atoms with van der Waals surface area (Å²) in [7, 11) is 0. The zero-order chi connectivity index (χ0) is 13.4. The van der Waals surface area contributed by atoms with E-state index in [1.807, 2.05) is 13.8 Å². The highest BCUT2D eigenvalue weighted by molar-refractivity contribution is 5.91. The van der Waals surface area contributed by atoms with Gasteiger partial charge in [0.25, 0.3) is 0 Å². The maximum absolute atomic E-state index is 11.7. The normalized spacial score (nSPS) is 11.4. The average molecular weight is 246 g/mol. The van der Waals surface area contributed by atoms with Gasteiger partial charge in [0.05, 0.1) is 18.6 Å². The molecule has 0 saturated heterocycles. The van der Waals surface area contributed by atoms with E-state index in [1.54, 1.807) is 24.3 Å². The Morgan fingerprint density at radius 1 is 1.39 bits per heavy atom. The number of carbonyl (C=O) groups is 1. The number of amides is 1. The van der Waals surface area contributed by atoms with Gasteiger partial charge >= 0.3 is 0 Å². The Labute approximate surface area is 108 Å². The molecule has 1 aromatic rings. The fourth-order valence-electron chi connectivity index (χ4n) is 1.52. The zero-order valence-electron chi connectivity index (χ0n) is 10.8. The number of anilines is 1. The molecule has 1 rings (SSSR count). The molecule has 0 aliphatic heterocycles. The lowest BCUT2D eigenvalue weighted by Gasteiger charge is -2.08. The van der Waals surface area contributed by atoms with E-state index in [4.69, 9.17) is 10.00 Å². The van der Waals surface area contributed by atoms with Gasteiger partial charge in [-0.25, -0.2) is 0 Å². The largest absolute Gasteiger partial charge is 0.494 e. The van der Waals surface area contributed by atoms with Crippen LogP contribution in [0.2, 0.25) is 0 Å². The molecule has 1 aromatic carbocycles. The van der Waals surface area contributed by atoms with Gasteiger partial charge in [0.15, 0.2) is 0 Å². The zero-order valence-corrected chi connectivity index (χ0v) is 10.8. The molecule has 96 valence electrons. The number of carbonyl (C=O) groups excluding carboxylic acids is 1. The summed E-state index contributed by atoms with van der Waals surface area (Å²) in [6.07, 6.45) is 0.924. The minimum atomic E-state index is -0.215. The van der Waals surface area contributed by atoms with Crippen LogP contribution >= 0.6 is 0 Å². The van der Waals surface area contributed by atoms with Crippen molar-refractivity contribution in [2.45, 2.75) is 26.7 Å². The highest BCUT2D eigenvalue weighted by Crippen LogP contribution is 2.16. The van der Waals surface area contributed by atoms with Gasteiger partial charge < -0.3 is 10.1 Å². The maximum atomic E-state index is 11.7. The maximum Gasteiger partial charge on any atom is 0.225 e. The predicted octanol–water partition coefficient (Wildman–Crippen LogP) is 2.96. The SMILES string of the molecule is CCOc1ccc(NC(=O)CC(C#N)CC)cc1. The van der Waals surface area contributed by atoms with Crippen LogP contribution in [0.3, 0.4) is 0 Å². The third-order valence-electron chi connectivity index (χ3n) is 2.56. The lowest BCUT2D eigenvalue weighted by molar-refractivity contribution is -0.116. The monoisotopic (exact) mass is 246 g/mol. The number of nitrogens with one attached hydrogen (secondary N) is 1. The molecular formula is C14H18N2O2. The van der Waals surface area contributed by atoms with Crippen molar-refractivity contribution in [1.82, 2.24) is 0 Å². The van der Waals surface area contributed by atoms with Crippen LogP contribution in [0.15, 0.2) is 24.3 Å². The molecule has 1 unspecified atom stereocenters. The van der Waals surface area contributed by atoms with E-state index in [0.29, 0.717) is 13.0 Å². The van der Waals surface area contributed by atoms with Gasteiger partial charge in [-0.3, -0.25) is 4.79 Å². The van der Waals surface area contributed by atoms with Crippen LogP contribution in [-0.2, 0) is 4.79 Å². The summed E-state index contributed by atoms with van der Waals surface area (Å²) < 4.78 is 5.31. The summed E-state index contributed by atoms with van der Waals surface area (Å²) in [5.41, 5.74) is 0.719. The number of nitrogens with zero attached hydrogens (tertiary/aromatic N) is 1. The van der Waals surface area contributed by atoms with Gasteiger partial charge in [-0.05, 0) is 37.6 Å². The Morgan fingerprint density at radius 3 is 2.56 bits per heavy atom. The van der Waals surface area contributed by atoms with Crippen LogP contribution in [-0.4, -0.2) is 12.5 Å². The van der Waals surface area contributed by atoms with Crippen LogP contribution in [0.5, 0.6) is 5.75 Å². The van der Waals surface area contributed by atoms with Crippen molar-refractivity contribution < 1.29 is 9.53 Å². The fourth-order valence-corrected chi connectivity index (χ4v) is 1.52. The Kier molecular flexibility index (Phi) is 5.72. The molecule has 0 aliphatic carbocycles. The third kappa shape index (κ3) is 4.46. The molecule has 1 amide bonds. The Balaban J connectivity index is 2.52. The van der Waals surface area contributed by atoms with Gasteiger partial charge in [-0.2, -0.15) is 5.26 Å². The first-order valence-corrected chi connectivity index (χ1v) is 6.11. The molecule has 0 saturated carbocycles. The van der Waals surface area contributed by atoms with Crippen molar-refractivity contribution >= 4 is 11.6 Å². The second kappa shape index (κ2) is 7.33. The number of hydrogen-bond acceptors (Lipinski definition) is 3. The van der Waals surface area contributed by atoms with Crippen molar-refractivity contribution in [3.05, 3.63) is 24.3 Å². The molecular weight excluding hydrogens is 228 g/mol. The minimum absolute atomic E-state index is 0.132. The van der Waals surface area contributed by atoms with E-state index < -0.39 is 0 Å². The van der Waals surface area contributed by atoms with E-state index in [0.717, 1.165) is 11.4 Å². The molecule has 1 N–H and O–H groups in total. The number of hydrogen-bond donors (Lipinski definition) is 1. The second-order valence-corrected chi connectivity index (χ2v) is 3.94. The lowest BCUT2D eigenvalue weighted by atomic mass is 10.0. The first kappa shape index (κ1) is 14.0. The van der Waals surface area contributed by atoms with Crippen LogP contribution < -0.4 is 10.1 Å². The van der Waals surface area contributed by atoms with Crippen LogP contribution in [0.4, 0.5) is 5.69 Å². The minimum Gasteiger partial charge on any atom is -0.494 e. The molecule has 0 heterocycles. The molecule has 4 heteroatoms. The number of benzene rings is 1. The summed E-state index contributed by atoms with van der Waals surface area (Å²) in [5.74, 6) is 0.430. The predicted molar refractivity (Wildman–Crippen MR) is 70.3 cm³/mol. The van der Waals surface area contributed by atoms with Crippen LogP contribution in [0, 0.1) is 17.2 Å². The van der Waals surface area contributed by atoms with Crippen molar-refractivity contribution in [3.8, 4) is 11.8 Å². The summed E-state index contributed by atoms with van der Waals surface area (Å²) >= 11 is 0. The van der Waals surface area contributed by atoms with Crippen molar-refractivity contribution in [2.75, 3.05) is 11.9 Å². The first-order chi connectivity index (χ1) is 8.69. The second-order valence-electron chi connectivity index (χ2n) is 3.94. The summed E-state index contributed by atoms with van der Waals surface area (Å²) in [4.78, 5) is 11.7. The standard InChI is InChI=1S/C14H18N2O2/c1-3-11(10-15)9-14(17)16-12-5-7-13(8-6-12)18-4-2/h5-8,11H,3-4,9H2,1-2H3,(H,16,17). The van der Waals surface area contributed by atoms with Crippen molar-refractivity contribution in [3.63, 3.8) is 0 Å². The quantitative estimate of drug-likeness (QED) is 0.839. The Morgan fingerprint density at radius 2 is 2.06 bits per heavy atom. The van der Waals surface area contributed by atoms with Gasteiger partial charge in [0.2, 0.25) is 5.91 Å². The van der Waals surface area contributed by atoms with Crippen molar-refractivity contribution in [2.24, 2.45) is 5.92 Å². The highest BCUT2D eigenvalue weighted by atomic mass is 16.5. The molecule has 1 atom stereocenters. The van der Waals surface area contributed by atoms with Crippen LogP contribution in [0.1, 0.15) is 26.7 Å². The Bertz CT molecular complexity index is 420. The lowest BCUT2D eigenvalue weighted by Crippen LogP contribution is -2.15. The van der Waals surface area contributed by atoms with E-state index in [9.17, 15) is 4.79 Å². The van der Waals surface area contributed by atoms with Gasteiger partial charge in [-0.15, -0.1) is 0 Å². The van der Waals surface area contributed by atoms with Gasteiger partial charge in [-0.1, -0.05) is 6.92 Å². The van der Waals surface area contributed by atoms with Crippen LogP contribution in [0.25, 0.3) is 0 Å². The number of nitriles is 1. The number of rotatable bonds is 6. The molecule has 4 nitrogen and oxygen atoms in total. The van der Waals surface area contributed by atoms with Crippen molar-refractivity contribution in [1.29, 1.82) is 5.26 Å². The third-order valence-corrected chi connectivity index (χ3v) is 2.56. The summed E-state index contributed by atoms with van der Waals surface area (Å²) in [6.45, 7) is 4.44. The molecule has 0 aliphatic rings. The molecule has 0 aromatic heterocycles. The summed E-state index contributed by atoms with van der Waals surface area (Å²) in [5, 5.41) is 11.6. The first-order valence-electron chi connectivity index (χ1n) is 6.11. The fraction of sp³-hybridized carbons (Fsp3) is 0.429. The number of ether oxygens (including phenoxy) is 1. The van der Waals surface area contributed by atoms with Gasteiger partial charge in [0, 0.05) is 12.1 Å². The average Bonchev–Trinajstić information content (AvgIpc) is 2.38. The molecule has 0 bridgehead atoms. The topological polar surface area (TPSA) is 62.1 Å². The molecule has 0 spiro atoms.